The van der Waals surface area contributed by atoms with Crippen LogP contribution in [0.4, 0.5) is 0 Å². The largest absolute Gasteiger partial charge is 0.0906 e. The van der Waals surface area contributed by atoms with Crippen LogP contribution in [0, 0.1) is 0 Å². The highest BCUT2D eigenvalue weighted by molar-refractivity contribution is 6.06. The first-order valence-corrected chi connectivity index (χ1v) is 3.89. The van der Waals surface area contributed by atoms with Gasteiger partial charge in [-0.1, -0.05) is 44.0 Å². The Morgan fingerprint density at radius 3 is 1.50 bits per heavy atom. The molecule has 0 unspecified atom stereocenters. The lowest BCUT2D eigenvalue weighted by molar-refractivity contribution is 1.62. The van der Waals surface area contributed by atoms with Crippen molar-refractivity contribution < 1.29 is 0 Å². The van der Waals surface area contributed by atoms with Gasteiger partial charge in [-0.2, -0.15) is 0 Å². The van der Waals surface area contributed by atoms with E-state index in [1.54, 1.807) is 0 Å². The van der Waals surface area contributed by atoms with Gasteiger partial charge in [-0.3, -0.25) is 0 Å². The average molecular weight is 154 g/mol. The number of benzene rings is 1. The Hall–Kier alpha value is -1.56. The third-order valence-electron chi connectivity index (χ3n) is 2.31. The van der Waals surface area contributed by atoms with Crippen molar-refractivity contribution in [3.05, 3.63) is 60.7 Å². The smallest absolute Gasteiger partial charge is 0.0105 e. The summed E-state index contributed by atoms with van der Waals surface area (Å²) >= 11 is 0. The van der Waals surface area contributed by atoms with Gasteiger partial charge in [0.25, 0.3) is 0 Å². The SMILES string of the molecule is C=C1C(=C)c2ccccc2C1=C. The van der Waals surface area contributed by atoms with Crippen molar-refractivity contribution in [1.29, 1.82) is 0 Å². The van der Waals surface area contributed by atoms with E-state index in [2.05, 4.69) is 31.9 Å². The molecule has 0 saturated heterocycles. The Kier molecular flexibility index (Phi) is 1.31. The van der Waals surface area contributed by atoms with Crippen molar-refractivity contribution in [3.63, 3.8) is 0 Å². The molecule has 0 saturated carbocycles. The van der Waals surface area contributed by atoms with E-state index in [4.69, 9.17) is 0 Å². The molecule has 1 aliphatic rings. The van der Waals surface area contributed by atoms with Crippen LogP contribution in [-0.2, 0) is 0 Å². The summed E-state index contributed by atoms with van der Waals surface area (Å²) in [7, 11) is 0. The molecule has 1 aromatic rings. The molecule has 1 aliphatic carbocycles. The topological polar surface area (TPSA) is 0 Å². The minimum absolute atomic E-state index is 0.969. The van der Waals surface area contributed by atoms with Crippen LogP contribution in [0.25, 0.3) is 11.1 Å². The molecule has 0 heteroatoms. The second-order valence-corrected chi connectivity index (χ2v) is 2.98. The van der Waals surface area contributed by atoms with Gasteiger partial charge in [-0.05, 0) is 27.8 Å². The van der Waals surface area contributed by atoms with Gasteiger partial charge in [-0.25, -0.2) is 0 Å². The maximum atomic E-state index is 3.97. The lowest BCUT2D eigenvalue weighted by Crippen LogP contribution is -1.76. The van der Waals surface area contributed by atoms with E-state index in [9.17, 15) is 0 Å². The average Bonchev–Trinajstić information content (AvgIpc) is 2.33. The third kappa shape index (κ3) is 0.722. The summed E-state index contributed by atoms with van der Waals surface area (Å²) in [4.78, 5) is 0. The first-order valence-electron chi connectivity index (χ1n) is 3.89. The standard InChI is InChI=1S/C12H10/c1-8-9(2)11-6-4-5-7-12(11)10(8)3/h4-7H,1-3H2. The van der Waals surface area contributed by atoms with Gasteiger partial charge in [0.2, 0.25) is 0 Å². The predicted molar refractivity (Wildman–Crippen MR) is 53.7 cm³/mol. The quantitative estimate of drug-likeness (QED) is 0.538. The summed E-state index contributed by atoms with van der Waals surface area (Å²) in [6, 6.07) is 8.13. The highest BCUT2D eigenvalue weighted by Crippen LogP contribution is 2.41. The molecule has 2 rings (SSSR count). The molecule has 0 spiro atoms. The van der Waals surface area contributed by atoms with E-state index in [1.165, 1.54) is 11.1 Å². The number of allylic oxidation sites excluding steroid dienone is 3. The molecule has 0 fully saturated rings. The summed E-state index contributed by atoms with van der Waals surface area (Å²) in [6.07, 6.45) is 0. The van der Waals surface area contributed by atoms with Crippen molar-refractivity contribution >= 4 is 11.1 Å². The summed E-state index contributed by atoms with van der Waals surface area (Å²) in [5, 5.41) is 0. The fourth-order valence-electron chi connectivity index (χ4n) is 1.52. The van der Waals surface area contributed by atoms with Crippen LogP contribution in [-0.4, -0.2) is 0 Å². The van der Waals surface area contributed by atoms with E-state index in [1.807, 2.05) is 12.1 Å². The molecule has 0 aliphatic heterocycles. The lowest BCUT2D eigenvalue weighted by Gasteiger charge is -1.95. The Morgan fingerprint density at radius 1 is 0.667 bits per heavy atom. The van der Waals surface area contributed by atoms with Crippen LogP contribution in [0.15, 0.2) is 49.6 Å². The van der Waals surface area contributed by atoms with E-state index >= 15 is 0 Å². The van der Waals surface area contributed by atoms with Crippen LogP contribution in [0.3, 0.4) is 0 Å². The molecule has 0 N–H and O–H groups in total. The van der Waals surface area contributed by atoms with E-state index in [0.717, 1.165) is 16.7 Å². The Bertz CT molecular complexity index is 357. The molecule has 0 bridgehead atoms. The highest BCUT2D eigenvalue weighted by atomic mass is 14.2. The van der Waals surface area contributed by atoms with Crippen molar-refractivity contribution in [3.8, 4) is 0 Å². The molecule has 1 aromatic carbocycles. The van der Waals surface area contributed by atoms with Crippen molar-refractivity contribution in [1.82, 2.24) is 0 Å². The third-order valence-corrected chi connectivity index (χ3v) is 2.31. The highest BCUT2D eigenvalue weighted by Gasteiger charge is 2.20. The molecule has 0 aromatic heterocycles. The zero-order valence-electron chi connectivity index (χ0n) is 6.93. The van der Waals surface area contributed by atoms with Crippen LogP contribution < -0.4 is 0 Å². The first-order chi connectivity index (χ1) is 5.72. The van der Waals surface area contributed by atoms with Gasteiger partial charge in [-0.15, -0.1) is 0 Å². The molecule has 58 valence electrons. The van der Waals surface area contributed by atoms with Gasteiger partial charge >= 0.3 is 0 Å². The number of hydrogen-bond donors (Lipinski definition) is 0. The minimum Gasteiger partial charge on any atom is -0.0906 e. The monoisotopic (exact) mass is 154 g/mol. The Labute approximate surface area is 72.5 Å². The summed E-state index contributed by atoms with van der Waals surface area (Å²) in [5.41, 5.74) is 5.34. The number of hydrogen-bond acceptors (Lipinski definition) is 0. The van der Waals surface area contributed by atoms with Gasteiger partial charge in [0.05, 0.1) is 0 Å². The normalized spacial score (nSPS) is 15.2. The molecule has 0 radical (unpaired) electrons. The van der Waals surface area contributed by atoms with E-state index < -0.39 is 0 Å². The summed E-state index contributed by atoms with van der Waals surface area (Å²) < 4.78 is 0. The molecule has 0 heterocycles. The second kappa shape index (κ2) is 2.21. The lowest BCUT2D eigenvalue weighted by atomic mass is 10.1. The number of rotatable bonds is 0. The summed E-state index contributed by atoms with van der Waals surface area (Å²) in [5.74, 6) is 0. The van der Waals surface area contributed by atoms with Gasteiger partial charge in [0.15, 0.2) is 0 Å². The van der Waals surface area contributed by atoms with Crippen LogP contribution in [0.2, 0.25) is 0 Å². The van der Waals surface area contributed by atoms with Crippen LogP contribution >= 0.6 is 0 Å². The zero-order chi connectivity index (χ0) is 8.72. The van der Waals surface area contributed by atoms with Gasteiger partial charge in [0, 0.05) is 0 Å². The van der Waals surface area contributed by atoms with Crippen molar-refractivity contribution in [2.75, 3.05) is 0 Å². The summed E-state index contributed by atoms with van der Waals surface area (Å²) in [6.45, 7) is 11.9. The van der Waals surface area contributed by atoms with Gasteiger partial charge < -0.3 is 0 Å². The van der Waals surface area contributed by atoms with Crippen molar-refractivity contribution in [2.45, 2.75) is 0 Å². The molecule has 12 heavy (non-hydrogen) atoms. The molecule has 0 amide bonds. The maximum absolute atomic E-state index is 3.97. The fourth-order valence-corrected chi connectivity index (χ4v) is 1.52. The zero-order valence-corrected chi connectivity index (χ0v) is 6.93. The molecule has 0 nitrogen and oxygen atoms in total. The second-order valence-electron chi connectivity index (χ2n) is 2.98. The predicted octanol–water partition coefficient (Wildman–Crippen LogP) is 3.28. The van der Waals surface area contributed by atoms with Crippen LogP contribution in [0.5, 0.6) is 0 Å². The van der Waals surface area contributed by atoms with E-state index in [0.29, 0.717) is 0 Å². The van der Waals surface area contributed by atoms with Gasteiger partial charge in [0.1, 0.15) is 0 Å². The molecular weight excluding hydrogens is 144 g/mol. The molecule has 0 atom stereocenters. The maximum Gasteiger partial charge on any atom is -0.0105 e. The fraction of sp³-hybridized carbons (Fsp3) is 0. The minimum atomic E-state index is 0.969. The van der Waals surface area contributed by atoms with Crippen LogP contribution in [0.1, 0.15) is 11.1 Å². The number of fused-ring (bicyclic) bond motifs is 1. The Balaban J connectivity index is 2.76. The van der Waals surface area contributed by atoms with E-state index in [-0.39, 0.29) is 0 Å². The first kappa shape index (κ1) is 7.11. The molecular formula is C12H10. The van der Waals surface area contributed by atoms with Crippen molar-refractivity contribution in [2.24, 2.45) is 0 Å². The Morgan fingerprint density at radius 2 is 1.08 bits per heavy atom.